The number of aromatic nitrogens is 4. The van der Waals surface area contributed by atoms with Gasteiger partial charge in [-0.1, -0.05) is 18.2 Å². The Labute approximate surface area is 182 Å². The van der Waals surface area contributed by atoms with Crippen LogP contribution in [0.1, 0.15) is 18.4 Å². The first-order valence-electron chi connectivity index (χ1n) is 10.1. The fourth-order valence-electron chi connectivity index (χ4n) is 3.58. The monoisotopic (exact) mass is 446 g/mol. The van der Waals surface area contributed by atoms with E-state index in [1.165, 1.54) is 18.2 Å². The van der Waals surface area contributed by atoms with Gasteiger partial charge in [-0.25, -0.2) is 4.68 Å². The summed E-state index contributed by atoms with van der Waals surface area (Å²) in [5.74, 6) is 0.609. The standard InChI is InChI=1S/C21H21F3N6O2/c22-21(23,24)32-17-5-2-1-4-16(17)14-25-20(31)15-8-12-29(13-9-15)18-6-7-19(28-27-18)30-11-3-10-26-30/h1-7,10-11,15H,8-9,12-14H2,(H,25,31). The number of benzene rings is 1. The lowest BCUT2D eigenvalue weighted by molar-refractivity contribution is -0.274. The predicted octanol–water partition coefficient (Wildman–Crippen LogP) is 3.09. The summed E-state index contributed by atoms with van der Waals surface area (Å²) < 4.78 is 43.3. The van der Waals surface area contributed by atoms with Gasteiger partial charge < -0.3 is 15.0 Å². The lowest BCUT2D eigenvalue weighted by Crippen LogP contribution is -2.40. The van der Waals surface area contributed by atoms with Crippen molar-refractivity contribution < 1.29 is 22.7 Å². The zero-order chi connectivity index (χ0) is 22.6. The minimum absolute atomic E-state index is 0.0360. The third-order valence-electron chi connectivity index (χ3n) is 5.22. The van der Waals surface area contributed by atoms with E-state index in [1.54, 1.807) is 29.2 Å². The van der Waals surface area contributed by atoms with Crippen LogP contribution in [0.4, 0.5) is 19.0 Å². The second-order valence-corrected chi connectivity index (χ2v) is 7.34. The molecule has 1 aliphatic rings. The van der Waals surface area contributed by atoms with Crippen LogP contribution in [0.3, 0.4) is 0 Å². The van der Waals surface area contributed by atoms with Crippen LogP contribution in [0.15, 0.2) is 54.9 Å². The number of hydrogen-bond donors (Lipinski definition) is 1. The first kappa shape index (κ1) is 21.6. The van der Waals surface area contributed by atoms with Crippen molar-refractivity contribution in [2.75, 3.05) is 18.0 Å². The summed E-state index contributed by atoms with van der Waals surface area (Å²) in [5, 5.41) is 15.3. The summed E-state index contributed by atoms with van der Waals surface area (Å²) in [5.41, 5.74) is 0.267. The summed E-state index contributed by atoms with van der Waals surface area (Å²) in [4.78, 5) is 14.6. The molecule has 3 aromatic rings. The molecule has 0 atom stereocenters. The van der Waals surface area contributed by atoms with Gasteiger partial charge in [0.15, 0.2) is 11.6 Å². The molecule has 1 saturated heterocycles. The number of alkyl halides is 3. The van der Waals surface area contributed by atoms with Gasteiger partial charge in [0.1, 0.15) is 5.75 Å². The van der Waals surface area contributed by atoms with E-state index in [-0.39, 0.29) is 29.7 Å². The van der Waals surface area contributed by atoms with Crippen LogP contribution in [0.5, 0.6) is 5.75 Å². The maximum absolute atomic E-state index is 12.6. The van der Waals surface area contributed by atoms with Crippen molar-refractivity contribution in [3.63, 3.8) is 0 Å². The zero-order valence-electron chi connectivity index (χ0n) is 17.0. The number of para-hydroxylation sites is 1. The topological polar surface area (TPSA) is 85.2 Å². The minimum atomic E-state index is -4.79. The second kappa shape index (κ2) is 9.25. The third kappa shape index (κ3) is 5.34. The van der Waals surface area contributed by atoms with Gasteiger partial charge in [0.05, 0.1) is 0 Å². The molecule has 0 bridgehead atoms. The van der Waals surface area contributed by atoms with Gasteiger partial charge in [-0.05, 0) is 37.1 Å². The van der Waals surface area contributed by atoms with Crippen molar-refractivity contribution in [3.05, 3.63) is 60.4 Å². The Morgan fingerprint density at radius 2 is 1.78 bits per heavy atom. The lowest BCUT2D eigenvalue weighted by atomic mass is 9.96. The minimum Gasteiger partial charge on any atom is -0.405 e. The molecule has 32 heavy (non-hydrogen) atoms. The Kier molecular flexibility index (Phi) is 6.24. The molecule has 1 N–H and O–H groups in total. The number of ether oxygens (including phenoxy) is 1. The number of amides is 1. The molecule has 168 valence electrons. The van der Waals surface area contributed by atoms with Crippen molar-refractivity contribution >= 4 is 11.7 Å². The van der Waals surface area contributed by atoms with Crippen molar-refractivity contribution in [2.24, 2.45) is 5.92 Å². The molecule has 4 rings (SSSR count). The molecule has 1 aliphatic heterocycles. The SMILES string of the molecule is O=C(NCc1ccccc1OC(F)(F)F)C1CCN(c2ccc(-n3cccn3)nn2)CC1. The van der Waals surface area contributed by atoms with Crippen LogP contribution >= 0.6 is 0 Å². The Morgan fingerprint density at radius 1 is 1.06 bits per heavy atom. The summed E-state index contributed by atoms with van der Waals surface area (Å²) in [7, 11) is 0. The Morgan fingerprint density at radius 3 is 2.44 bits per heavy atom. The molecule has 8 nitrogen and oxygen atoms in total. The highest BCUT2D eigenvalue weighted by molar-refractivity contribution is 5.79. The lowest BCUT2D eigenvalue weighted by Gasteiger charge is -2.31. The van der Waals surface area contributed by atoms with Gasteiger partial charge in [-0.2, -0.15) is 5.10 Å². The van der Waals surface area contributed by atoms with E-state index in [9.17, 15) is 18.0 Å². The van der Waals surface area contributed by atoms with Crippen LogP contribution in [-0.4, -0.2) is 45.3 Å². The fourth-order valence-corrected chi connectivity index (χ4v) is 3.58. The summed E-state index contributed by atoms with van der Waals surface area (Å²) in [6.45, 7) is 1.22. The van der Waals surface area contributed by atoms with Gasteiger partial charge in [-0.15, -0.1) is 23.4 Å². The molecule has 11 heteroatoms. The first-order valence-corrected chi connectivity index (χ1v) is 10.1. The van der Waals surface area contributed by atoms with Gasteiger partial charge >= 0.3 is 6.36 Å². The fraction of sp³-hybridized carbons (Fsp3) is 0.333. The molecule has 1 fully saturated rings. The van der Waals surface area contributed by atoms with Crippen LogP contribution in [-0.2, 0) is 11.3 Å². The largest absolute Gasteiger partial charge is 0.573 e. The molecule has 0 unspecified atom stereocenters. The molecule has 0 spiro atoms. The molecule has 0 aliphatic carbocycles. The van der Waals surface area contributed by atoms with Crippen LogP contribution < -0.4 is 15.0 Å². The normalized spacial score (nSPS) is 14.9. The number of carbonyl (C=O) groups is 1. The third-order valence-corrected chi connectivity index (χ3v) is 5.22. The van der Waals surface area contributed by atoms with E-state index in [1.807, 2.05) is 12.1 Å². The number of halogens is 3. The summed E-state index contributed by atoms with van der Waals surface area (Å²) >= 11 is 0. The highest BCUT2D eigenvalue weighted by atomic mass is 19.4. The Hall–Kier alpha value is -3.63. The van der Waals surface area contributed by atoms with Gasteiger partial charge in [0, 0.05) is 43.5 Å². The molecule has 1 amide bonds. The number of nitrogens with one attached hydrogen (secondary N) is 1. The number of anilines is 1. The average Bonchev–Trinajstić information content (AvgIpc) is 3.33. The number of piperidine rings is 1. The number of rotatable bonds is 6. The molecular formula is C21H21F3N6O2. The molecule has 0 radical (unpaired) electrons. The molecule has 2 aromatic heterocycles. The van der Waals surface area contributed by atoms with E-state index < -0.39 is 6.36 Å². The highest BCUT2D eigenvalue weighted by Crippen LogP contribution is 2.27. The predicted molar refractivity (Wildman–Crippen MR) is 109 cm³/mol. The summed E-state index contributed by atoms with van der Waals surface area (Å²) in [6.07, 6.45) is -0.133. The number of carbonyl (C=O) groups excluding carboxylic acids is 1. The Balaban J connectivity index is 1.29. The molecule has 1 aromatic carbocycles. The number of nitrogens with zero attached hydrogens (tertiary/aromatic N) is 5. The van der Waals surface area contributed by atoms with Crippen molar-refractivity contribution in [2.45, 2.75) is 25.7 Å². The van der Waals surface area contributed by atoms with Crippen LogP contribution in [0, 0.1) is 5.92 Å². The van der Waals surface area contributed by atoms with E-state index in [0.29, 0.717) is 31.7 Å². The molecule has 3 heterocycles. The Bertz CT molecular complexity index is 1030. The quantitative estimate of drug-likeness (QED) is 0.627. The van der Waals surface area contributed by atoms with Gasteiger partial charge in [-0.3, -0.25) is 4.79 Å². The van der Waals surface area contributed by atoms with Crippen molar-refractivity contribution in [1.29, 1.82) is 0 Å². The van der Waals surface area contributed by atoms with E-state index in [4.69, 9.17) is 0 Å². The number of hydrogen-bond acceptors (Lipinski definition) is 6. The molecule has 0 saturated carbocycles. The van der Waals surface area contributed by atoms with E-state index >= 15 is 0 Å². The van der Waals surface area contributed by atoms with Crippen molar-refractivity contribution in [1.82, 2.24) is 25.3 Å². The maximum Gasteiger partial charge on any atom is 0.573 e. The van der Waals surface area contributed by atoms with Crippen LogP contribution in [0.25, 0.3) is 5.82 Å². The van der Waals surface area contributed by atoms with E-state index in [2.05, 4.69) is 30.2 Å². The maximum atomic E-state index is 12.6. The second-order valence-electron chi connectivity index (χ2n) is 7.34. The molecular weight excluding hydrogens is 425 g/mol. The highest BCUT2D eigenvalue weighted by Gasteiger charge is 2.32. The summed E-state index contributed by atoms with van der Waals surface area (Å²) in [6, 6.07) is 11.3. The van der Waals surface area contributed by atoms with Gasteiger partial charge in [0.2, 0.25) is 5.91 Å². The van der Waals surface area contributed by atoms with Crippen LogP contribution in [0.2, 0.25) is 0 Å². The smallest absolute Gasteiger partial charge is 0.405 e. The first-order chi connectivity index (χ1) is 15.4. The van der Waals surface area contributed by atoms with E-state index in [0.717, 1.165) is 5.82 Å². The average molecular weight is 446 g/mol. The zero-order valence-corrected chi connectivity index (χ0v) is 17.0. The van der Waals surface area contributed by atoms with Gasteiger partial charge in [0.25, 0.3) is 0 Å². The van der Waals surface area contributed by atoms with Crippen molar-refractivity contribution in [3.8, 4) is 11.6 Å².